The Hall–Kier alpha value is -2.47. The van der Waals surface area contributed by atoms with Crippen molar-refractivity contribution in [1.29, 1.82) is 0 Å². The lowest BCUT2D eigenvalue weighted by Gasteiger charge is -2.34. The standard InChI is InChI=1S/C24H30N2O3S/c1-24(2,3)29-23(28)26-16-14-19(15-17-26)25-22(27)21(18-10-6-4-7-11-18)30-20-12-8-5-9-13-20/h4-13,19,21H,14-17H2,1-3H3,(H,25,27). The van der Waals surface area contributed by atoms with E-state index >= 15 is 0 Å². The molecule has 5 nitrogen and oxygen atoms in total. The zero-order valence-electron chi connectivity index (χ0n) is 17.8. The van der Waals surface area contributed by atoms with Crippen molar-refractivity contribution in [2.45, 2.75) is 55.4 Å². The number of carbonyl (C=O) groups is 2. The first kappa shape index (κ1) is 22.2. The minimum atomic E-state index is -0.500. The lowest BCUT2D eigenvalue weighted by atomic mass is 10.0. The Morgan fingerprint density at radius 3 is 2.13 bits per heavy atom. The maximum absolute atomic E-state index is 13.2. The molecule has 2 amide bonds. The maximum atomic E-state index is 13.2. The van der Waals surface area contributed by atoms with Gasteiger partial charge in [0.15, 0.2) is 0 Å². The first-order chi connectivity index (χ1) is 14.3. The molecular formula is C24H30N2O3S. The fraction of sp³-hybridized carbons (Fsp3) is 0.417. The normalized spacial score (nSPS) is 16.0. The number of hydrogen-bond donors (Lipinski definition) is 1. The third-order valence-electron chi connectivity index (χ3n) is 4.83. The van der Waals surface area contributed by atoms with Crippen LogP contribution in [0.15, 0.2) is 65.6 Å². The van der Waals surface area contributed by atoms with E-state index in [9.17, 15) is 9.59 Å². The number of piperidine rings is 1. The van der Waals surface area contributed by atoms with Gasteiger partial charge in [-0.25, -0.2) is 4.79 Å². The minimum Gasteiger partial charge on any atom is -0.444 e. The van der Waals surface area contributed by atoms with Gasteiger partial charge in [-0.2, -0.15) is 0 Å². The number of amides is 2. The Labute approximate surface area is 183 Å². The zero-order chi connectivity index (χ0) is 21.6. The van der Waals surface area contributed by atoms with E-state index in [2.05, 4.69) is 5.32 Å². The Morgan fingerprint density at radius 2 is 1.57 bits per heavy atom. The van der Waals surface area contributed by atoms with Crippen molar-refractivity contribution in [2.75, 3.05) is 13.1 Å². The molecule has 0 bridgehead atoms. The van der Waals surface area contributed by atoms with Gasteiger partial charge in [0.2, 0.25) is 5.91 Å². The van der Waals surface area contributed by atoms with E-state index < -0.39 is 5.60 Å². The monoisotopic (exact) mass is 426 g/mol. The zero-order valence-corrected chi connectivity index (χ0v) is 18.7. The fourth-order valence-electron chi connectivity index (χ4n) is 3.35. The molecule has 1 atom stereocenters. The van der Waals surface area contributed by atoms with Crippen LogP contribution in [0.2, 0.25) is 0 Å². The molecule has 1 fully saturated rings. The second-order valence-electron chi connectivity index (χ2n) is 8.47. The van der Waals surface area contributed by atoms with Gasteiger partial charge in [-0.05, 0) is 51.3 Å². The fourth-order valence-corrected chi connectivity index (χ4v) is 4.40. The third-order valence-corrected chi connectivity index (χ3v) is 6.10. The van der Waals surface area contributed by atoms with Crippen molar-refractivity contribution >= 4 is 23.8 Å². The number of likely N-dealkylation sites (tertiary alicyclic amines) is 1. The van der Waals surface area contributed by atoms with Gasteiger partial charge in [-0.1, -0.05) is 48.5 Å². The van der Waals surface area contributed by atoms with Gasteiger partial charge in [0.25, 0.3) is 0 Å². The van der Waals surface area contributed by atoms with E-state index in [4.69, 9.17) is 4.74 Å². The maximum Gasteiger partial charge on any atom is 0.410 e. The Bertz CT molecular complexity index is 829. The molecule has 0 saturated carbocycles. The molecule has 1 saturated heterocycles. The average Bonchev–Trinajstić information content (AvgIpc) is 2.72. The number of rotatable bonds is 5. The SMILES string of the molecule is CC(C)(C)OC(=O)N1CCC(NC(=O)C(Sc2ccccc2)c2ccccc2)CC1. The highest BCUT2D eigenvalue weighted by Crippen LogP contribution is 2.35. The van der Waals surface area contributed by atoms with Crippen molar-refractivity contribution in [3.63, 3.8) is 0 Å². The molecule has 30 heavy (non-hydrogen) atoms. The summed E-state index contributed by atoms with van der Waals surface area (Å²) in [6, 6.07) is 19.9. The van der Waals surface area contributed by atoms with Gasteiger partial charge >= 0.3 is 6.09 Å². The predicted molar refractivity (Wildman–Crippen MR) is 120 cm³/mol. The van der Waals surface area contributed by atoms with E-state index in [0.717, 1.165) is 23.3 Å². The van der Waals surface area contributed by atoms with Crippen LogP contribution in [0.3, 0.4) is 0 Å². The van der Waals surface area contributed by atoms with E-state index in [-0.39, 0.29) is 23.3 Å². The molecule has 1 unspecified atom stereocenters. The van der Waals surface area contributed by atoms with Crippen LogP contribution in [-0.4, -0.2) is 41.6 Å². The number of ether oxygens (including phenoxy) is 1. The molecule has 1 heterocycles. The van der Waals surface area contributed by atoms with Crippen molar-refractivity contribution < 1.29 is 14.3 Å². The van der Waals surface area contributed by atoms with E-state index in [1.54, 1.807) is 16.7 Å². The number of thioether (sulfide) groups is 1. The van der Waals surface area contributed by atoms with E-state index in [0.29, 0.717) is 13.1 Å². The number of hydrogen-bond acceptors (Lipinski definition) is 4. The number of carbonyl (C=O) groups excluding carboxylic acids is 2. The van der Waals surface area contributed by atoms with Gasteiger partial charge in [0.1, 0.15) is 10.9 Å². The summed E-state index contributed by atoms with van der Waals surface area (Å²) < 4.78 is 5.45. The third kappa shape index (κ3) is 6.52. The first-order valence-corrected chi connectivity index (χ1v) is 11.2. The van der Waals surface area contributed by atoms with Crippen LogP contribution in [0.1, 0.15) is 44.4 Å². The molecule has 1 N–H and O–H groups in total. The van der Waals surface area contributed by atoms with Gasteiger partial charge in [0.05, 0.1) is 0 Å². The summed E-state index contributed by atoms with van der Waals surface area (Å²) in [6.45, 7) is 6.77. The quantitative estimate of drug-likeness (QED) is 0.681. The van der Waals surface area contributed by atoms with Crippen LogP contribution in [0.4, 0.5) is 4.79 Å². The summed E-state index contributed by atoms with van der Waals surface area (Å²) in [7, 11) is 0. The predicted octanol–water partition coefficient (Wildman–Crippen LogP) is 5.04. The summed E-state index contributed by atoms with van der Waals surface area (Å²) in [4.78, 5) is 28.2. The highest BCUT2D eigenvalue weighted by molar-refractivity contribution is 8.00. The van der Waals surface area contributed by atoms with Gasteiger partial charge in [-0.3, -0.25) is 4.79 Å². The van der Waals surface area contributed by atoms with E-state index in [1.165, 1.54) is 0 Å². The lowest BCUT2D eigenvalue weighted by molar-refractivity contribution is -0.121. The largest absolute Gasteiger partial charge is 0.444 e. The molecule has 0 aliphatic carbocycles. The van der Waals surface area contributed by atoms with Crippen LogP contribution in [0.25, 0.3) is 0 Å². The lowest BCUT2D eigenvalue weighted by Crippen LogP contribution is -2.48. The van der Waals surface area contributed by atoms with Gasteiger partial charge < -0.3 is 15.0 Å². The van der Waals surface area contributed by atoms with Crippen LogP contribution >= 0.6 is 11.8 Å². The summed E-state index contributed by atoms with van der Waals surface area (Å²) in [5.74, 6) is 0.00534. The molecule has 6 heteroatoms. The summed E-state index contributed by atoms with van der Waals surface area (Å²) >= 11 is 1.55. The Balaban J connectivity index is 1.60. The Kier molecular flexibility index (Phi) is 7.43. The second kappa shape index (κ2) is 10.0. The first-order valence-electron chi connectivity index (χ1n) is 10.4. The average molecular weight is 427 g/mol. The smallest absolute Gasteiger partial charge is 0.410 e. The molecule has 1 aliphatic heterocycles. The molecule has 2 aromatic rings. The topological polar surface area (TPSA) is 58.6 Å². The number of nitrogens with zero attached hydrogens (tertiary/aromatic N) is 1. The number of nitrogens with one attached hydrogen (secondary N) is 1. The molecular weight excluding hydrogens is 396 g/mol. The molecule has 0 spiro atoms. The van der Waals surface area contributed by atoms with Crippen molar-refractivity contribution in [3.05, 3.63) is 66.2 Å². The summed E-state index contributed by atoms with van der Waals surface area (Å²) in [5, 5.41) is 2.89. The molecule has 160 valence electrons. The van der Waals surface area contributed by atoms with Crippen LogP contribution in [-0.2, 0) is 9.53 Å². The van der Waals surface area contributed by atoms with Crippen LogP contribution in [0.5, 0.6) is 0 Å². The molecule has 0 radical (unpaired) electrons. The van der Waals surface area contributed by atoms with Crippen LogP contribution < -0.4 is 5.32 Å². The van der Waals surface area contributed by atoms with Crippen LogP contribution in [0, 0.1) is 0 Å². The van der Waals surface area contributed by atoms with Crippen molar-refractivity contribution in [3.8, 4) is 0 Å². The number of benzene rings is 2. The minimum absolute atomic E-state index is 0.00534. The van der Waals surface area contributed by atoms with E-state index in [1.807, 2.05) is 81.4 Å². The highest BCUT2D eigenvalue weighted by Gasteiger charge is 2.29. The highest BCUT2D eigenvalue weighted by atomic mass is 32.2. The van der Waals surface area contributed by atoms with Gasteiger partial charge in [0, 0.05) is 24.0 Å². The summed E-state index contributed by atoms with van der Waals surface area (Å²) in [6.07, 6.45) is 1.17. The van der Waals surface area contributed by atoms with Crippen molar-refractivity contribution in [2.24, 2.45) is 0 Å². The molecule has 2 aromatic carbocycles. The molecule has 0 aromatic heterocycles. The molecule has 3 rings (SSSR count). The molecule has 1 aliphatic rings. The second-order valence-corrected chi connectivity index (χ2v) is 9.65. The van der Waals surface area contributed by atoms with Gasteiger partial charge in [-0.15, -0.1) is 11.8 Å². The summed E-state index contributed by atoms with van der Waals surface area (Å²) in [5.41, 5.74) is 0.481. The Morgan fingerprint density at radius 1 is 1.00 bits per heavy atom. The van der Waals surface area contributed by atoms with Crippen molar-refractivity contribution in [1.82, 2.24) is 10.2 Å².